The molecule has 0 spiro atoms. The van der Waals surface area contributed by atoms with Crippen LogP contribution in [0.2, 0.25) is 0 Å². The van der Waals surface area contributed by atoms with Crippen molar-refractivity contribution in [2.75, 3.05) is 26.2 Å². The summed E-state index contributed by atoms with van der Waals surface area (Å²) in [7, 11) is 0. The molecule has 2 aromatic heterocycles. The minimum atomic E-state index is -0.0499. The average molecular weight is 343 g/mol. The first-order valence-corrected chi connectivity index (χ1v) is 8.62. The van der Waals surface area contributed by atoms with E-state index in [4.69, 9.17) is 4.52 Å². The smallest absolute Gasteiger partial charge is 0.317 e. The zero-order valence-electron chi connectivity index (χ0n) is 14.4. The van der Waals surface area contributed by atoms with E-state index in [-0.39, 0.29) is 18.0 Å². The van der Waals surface area contributed by atoms with Gasteiger partial charge in [0.1, 0.15) is 0 Å². The first-order chi connectivity index (χ1) is 12.0. The summed E-state index contributed by atoms with van der Waals surface area (Å²) in [4.78, 5) is 33.1. The predicted octanol–water partition coefficient (Wildman–Crippen LogP) is 1.47. The molecule has 0 unspecified atom stereocenters. The molecule has 8 nitrogen and oxygen atoms in total. The zero-order valence-corrected chi connectivity index (χ0v) is 14.4. The van der Waals surface area contributed by atoms with Crippen LogP contribution >= 0.6 is 0 Å². The van der Waals surface area contributed by atoms with E-state index >= 15 is 0 Å². The zero-order chi connectivity index (χ0) is 17.6. The van der Waals surface area contributed by atoms with Crippen LogP contribution in [0.4, 0.5) is 4.79 Å². The number of hydrogen-bond acceptors (Lipinski definition) is 5. The fourth-order valence-electron chi connectivity index (χ4n) is 3.79. The van der Waals surface area contributed by atoms with Gasteiger partial charge in [-0.15, -0.1) is 0 Å². The Morgan fingerprint density at radius 3 is 2.96 bits per heavy atom. The lowest BCUT2D eigenvalue weighted by Gasteiger charge is -2.37. The number of carbonyl (C=O) groups excluding carboxylic acids is 2. The van der Waals surface area contributed by atoms with Crippen LogP contribution in [0.3, 0.4) is 0 Å². The summed E-state index contributed by atoms with van der Waals surface area (Å²) in [6.07, 6.45) is 1.81. The molecule has 2 aromatic rings. The Hall–Kier alpha value is -2.64. The third-order valence-electron chi connectivity index (χ3n) is 4.99. The lowest BCUT2D eigenvalue weighted by atomic mass is 10.0. The molecule has 2 aliphatic rings. The molecule has 0 aliphatic carbocycles. The highest BCUT2D eigenvalue weighted by molar-refractivity contribution is 6.06. The van der Waals surface area contributed by atoms with Crippen molar-refractivity contribution in [3.05, 3.63) is 23.0 Å². The lowest BCUT2D eigenvalue weighted by molar-refractivity contribution is 0.0636. The largest absolute Gasteiger partial charge is 0.337 e. The Bertz CT molecular complexity index is 846. The number of fused-ring (bicyclic) bond motifs is 1. The van der Waals surface area contributed by atoms with Gasteiger partial charge in [0.15, 0.2) is 0 Å². The molecule has 2 fully saturated rings. The topological polar surface area (TPSA) is 91.6 Å². The van der Waals surface area contributed by atoms with Gasteiger partial charge in [0, 0.05) is 31.9 Å². The van der Waals surface area contributed by atoms with E-state index in [1.54, 1.807) is 6.07 Å². The molecule has 0 aromatic carbocycles. The van der Waals surface area contributed by atoms with E-state index in [9.17, 15) is 9.59 Å². The molecular formula is C17H21N5O3. The molecule has 132 valence electrons. The van der Waals surface area contributed by atoms with Crippen molar-refractivity contribution in [3.8, 4) is 0 Å². The van der Waals surface area contributed by atoms with Crippen LogP contribution in [-0.2, 0) is 0 Å². The number of nitrogens with one attached hydrogen (secondary N) is 1. The Kier molecular flexibility index (Phi) is 3.82. The molecule has 3 amide bonds. The van der Waals surface area contributed by atoms with Gasteiger partial charge in [0.05, 0.1) is 22.7 Å². The number of rotatable bonds is 2. The van der Waals surface area contributed by atoms with Gasteiger partial charge in [0.25, 0.3) is 11.6 Å². The van der Waals surface area contributed by atoms with E-state index in [2.05, 4.69) is 15.5 Å². The lowest BCUT2D eigenvalue weighted by Crippen LogP contribution is -2.50. The number of aryl methyl sites for hydroxylation is 2. The number of carbonyl (C=O) groups is 2. The minimum absolute atomic E-state index is 0.0312. The number of pyridine rings is 1. The Morgan fingerprint density at radius 1 is 1.36 bits per heavy atom. The SMILES string of the molecule is Cc1cc(C(=O)N2CCC[C@H](N3CCNC3=O)C2)c2c(C)noc2n1. The van der Waals surface area contributed by atoms with E-state index in [1.165, 1.54) is 0 Å². The van der Waals surface area contributed by atoms with Crippen molar-refractivity contribution in [1.82, 2.24) is 25.3 Å². The van der Waals surface area contributed by atoms with E-state index < -0.39 is 0 Å². The number of hydrogen-bond donors (Lipinski definition) is 1. The van der Waals surface area contributed by atoms with E-state index in [0.717, 1.165) is 18.5 Å². The summed E-state index contributed by atoms with van der Waals surface area (Å²) in [5.41, 5.74) is 2.36. The summed E-state index contributed by atoms with van der Waals surface area (Å²) in [6, 6.07) is 1.83. The van der Waals surface area contributed by atoms with Gasteiger partial charge >= 0.3 is 6.03 Å². The third kappa shape index (κ3) is 2.71. The van der Waals surface area contributed by atoms with Gasteiger partial charge in [0.2, 0.25) is 0 Å². The van der Waals surface area contributed by atoms with Crippen LogP contribution in [0, 0.1) is 13.8 Å². The molecule has 2 saturated heterocycles. The van der Waals surface area contributed by atoms with Gasteiger partial charge in [-0.05, 0) is 32.8 Å². The number of likely N-dealkylation sites (tertiary alicyclic amines) is 1. The van der Waals surface area contributed by atoms with Crippen LogP contribution in [0.1, 0.15) is 34.6 Å². The second-order valence-corrected chi connectivity index (χ2v) is 6.73. The molecule has 0 bridgehead atoms. The Morgan fingerprint density at radius 2 is 2.20 bits per heavy atom. The third-order valence-corrected chi connectivity index (χ3v) is 4.99. The standard InChI is InChI=1S/C17H21N5O3/c1-10-8-13(14-11(2)20-25-15(14)19-10)16(23)21-6-3-4-12(9-21)22-7-5-18-17(22)24/h8,12H,3-7,9H2,1-2H3,(H,18,24)/t12-/m0/s1. The minimum Gasteiger partial charge on any atom is -0.337 e. The van der Waals surface area contributed by atoms with Gasteiger partial charge in [-0.2, -0.15) is 0 Å². The molecule has 4 rings (SSSR count). The number of urea groups is 1. The second-order valence-electron chi connectivity index (χ2n) is 6.73. The molecule has 25 heavy (non-hydrogen) atoms. The Balaban J connectivity index is 1.62. The van der Waals surface area contributed by atoms with E-state index in [1.807, 2.05) is 23.6 Å². The van der Waals surface area contributed by atoms with Gasteiger partial charge in [-0.1, -0.05) is 5.16 Å². The van der Waals surface area contributed by atoms with Crippen molar-refractivity contribution in [3.63, 3.8) is 0 Å². The molecule has 1 N–H and O–H groups in total. The van der Waals surface area contributed by atoms with E-state index in [0.29, 0.717) is 48.5 Å². The molecular weight excluding hydrogens is 322 g/mol. The summed E-state index contributed by atoms with van der Waals surface area (Å²) >= 11 is 0. The quantitative estimate of drug-likeness (QED) is 0.891. The summed E-state index contributed by atoms with van der Waals surface area (Å²) in [5.74, 6) is -0.0499. The van der Waals surface area contributed by atoms with Crippen LogP contribution in [0.5, 0.6) is 0 Å². The van der Waals surface area contributed by atoms with Gasteiger partial charge in [-0.3, -0.25) is 4.79 Å². The van der Waals surface area contributed by atoms with Crippen molar-refractivity contribution >= 4 is 23.0 Å². The highest BCUT2D eigenvalue weighted by atomic mass is 16.5. The van der Waals surface area contributed by atoms with Crippen LogP contribution in [-0.4, -0.2) is 64.1 Å². The van der Waals surface area contributed by atoms with Gasteiger partial charge < -0.3 is 19.6 Å². The van der Waals surface area contributed by atoms with Crippen molar-refractivity contribution in [2.24, 2.45) is 0 Å². The van der Waals surface area contributed by atoms with Crippen molar-refractivity contribution in [2.45, 2.75) is 32.7 Å². The van der Waals surface area contributed by atoms with Gasteiger partial charge in [-0.25, -0.2) is 9.78 Å². The van der Waals surface area contributed by atoms with Crippen LogP contribution in [0.25, 0.3) is 11.1 Å². The summed E-state index contributed by atoms with van der Waals surface area (Å²) < 4.78 is 5.23. The van der Waals surface area contributed by atoms with Crippen molar-refractivity contribution < 1.29 is 14.1 Å². The molecule has 0 saturated carbocycles. The normalized spacial score (nSPS) is 21.0. The van der Waals surface area contributed by atoms with Crippen LogP contribution in [0.15, 0.2) is 10.6 Å². The molecule has 4 heterocycles. The molecule has 2 aliphatic heterocycles. The number of piperidine rings is 1. The summed E-state index contributed by atoms with van der Waals surface area (Å²) in [5, 5.41) is 7.45. The Labute approximate surface area is 145 Å². The summed E-state index contributed by atoms with van der Waals surface area (Å²) in [6.45, 7) is 6.27. The highest BCUT2D eigenvalue weighted by Crippen LogP contribution is 2.25. The number of nitrogens with zero attached hydrogens (tertiary/aromatic N) is 4. The monoisotopic (exact) mass is 343 g/mol. The number of amides is 3. The fraction of sp³-hybridized carbons (Fsp3) is 0.529. The second kappa shape index (κ2) is 6.02. The molecule has 0 radical (unpaired) electrons. The maximum absolute atomic E-state index is 13.2. The number of aromatic nitrogens is 2. The van der Waals surface area contributed by atoms with Crippen molar-refractivity contribution in [1.29, 1.82) is 0 Å². The molecule has 1 atom stereocenters. The van der Waals surface area contributed by atoms with Crippen LogP contribution < -0.4 is 5.32 Å². The fourth-order valence-corrected chi connectivity index (χ4v) is 3.79. The molecule has 8 heteroatoms. The average Bonchev–Trinajstić information content (AvgIpc) is 3.19. The maximum atomic E-state index is 13.2. The highest BCUT2D eigenvalue weighted by Gasteiger charge is 2.33. The maximum Gasteiger partial charge on any atom is 0.317 e. The first kappa shape index (κ1) is 15.9. The first-order valence-electron chi connectivity index (χ1n) is 8.62. The predicted molar refractivity (Wildman–Crippen MR) is 90.3 cm³/mol.